The van der Waals surface area contributed by atoms with E-state index in [9.17, 15) is 0 Å². The normalized spacial score (nSPS) is 17.0. The molecule has 1 atom stereocenters. The SMILES string of the molecule is COc1ccc(NC2N=C(c3ccc(OC)cc3)CS2)cc1. The quantitative estimate of drug-likeness (QED) is 0.915. The molecule has 1 aliphatic heterocycles. The highest BCUT2D eigenvalue weighted by Gasteiger charge is 2.19. The number of ether oxygens (including phenoxy) is 2. The molecule has 5 heteroatoms. The summed E-state index contributed by atoms with van der Waals surface area (Å²) in [5.41, 5.74) is 3.34. The number of rotatable bonds is 5. The Morgan fingerprint density at radius 1 is 0.955 bits per heavy atom. The summed E-state index contributed by atoms with van der Waals surface area (Å²) in [6.45, 7) is 0. The molecule has 0 spiro atoms. The lowest BCUT2D eigenvalue weighted by atomic mass is 10.1. The Kier molecular flexibility index (Phi) is 4.53. The van der Waals surface area contributed by atoms with Crippen LogP contribution in [-0.2, 0) is 0 Å². The van der Waals surface area contributed by atoms with Crippen LogP contribution in [0, 0.1) is 0 Å². The number of hydrogen-bond donors (Lipinski definition) is 1. The molecule has 3 rings (SSSR count). The van der Waals surface area contributed by atoms with E-state index in [0.29, 0.717) is 0 Å². The fourth-order valence-electron chi connectivity index (χ4n) is 2.22. The van der Waals surface area contributed by atoms with E-state index in [1.807, 2.05) is 48.5 Å². The topological polar surface area (TPSA) is 42.8 Å². The standard InChI is InChI=1S/C17H18N2O2S/c1-20-14-7-3-12(4-8-14)16-11-22-17(19-16)18-13-5-9-15(21-2)10-6-13/h3-10,17-18H,11H2,1-2H3. The zero-order valence-electron chi connectivity index (χ0n) is 12.6. The molecule has 1 aliphatic rings. The van der Waals surface area contributed by atoms with Crippen LogP contribution in [0.5, 0.6) is 11.5 Å². The van der Waals surface area contributed by atoms with E-state index in [0.717, 1.165) is 34.2 Å². The number of aliphatic imine (C=N–C) groups is 1. The highest BCUT2D eigenvalue weighted by atomic mass is 32.2. The molecule has 0 bridgehead atoms. The van der Waals surface area contributed by atoms with Gasteiger partial charge in [0.15, 0.2) is 5.50 Å². The van der Waals surface area contributed by atoms with E-state index in [1.54, 1.807) is 26.0 Å². The summed E-state index contributed by atoms with van der Waals surface area (Å²) < 4.78 is 10.3. The number of nitrogens with zero attached hydrogens (tertiary/aromatic N) is 1. The molecule has 0 amide bonds. The summed E-state index contributed by atoms with van der Waals surface area (Å²) in [5.74, 6) is 2.62. The van der Waals surface area contributed by atoms with Gasteiger partial charge in [0.2, 0.25) is 0 Å². The first-order chi connectivity index (χ1) is 10.8. The van der Waals surface area contributed by atoms with Gasteiger partial charge in [-0.2, -0.15) is 0 Å². The van der Waals surface area contributed by atoms with E-state index in [2.05, 4.69) is 5.32 Å². The maximum atomic E-state index is 5.18. The van der Waals surface area contributed by atoms with Crippen molar-refractivity contribution in [2.45, 2.75) is 5.50 Å². The molecule has 0 aromatic heterocycles. The second-order valence-electron chi connectivity index (χ2n) is 4.84. The van der Waals surface area contributed by atoms with Crippen molar-refractivity contribution < 1.29 is 9.47 Å². The van der Waals surface area contributed by atoms with Crippen LogP contribution in [0.1, 0.15) is 5.56 Å². The highest BCUT2D eigenvalue weighted by molar-refractivity contribution is 8.01. The minimum atomic E-state index is 0.0468. The van der Waals surface area contributed by atoms with Crippen molar-refractivity contribution in [2.24, 2.45) is 4.99 Å². The maximum absolute atomic E-state index is 5.18. The molecule has 0 radical (unpaired) electrons. The van der Waals surface area contributed by atoms with Crippen LogP contribution in [0.3, 0.4) is 0 Å². The van der Waals surface area contributed by atoms with Gasteiger partial charge in [0.25, 0.3) is 0 Å². The summed E-state index contributed by atoms with van der Waals surface area (Å²) in [5, 5.41) is 3.41. The summed E-state index contributed by atoms with van der Waals surface area (Å²) in [7, 11) is 3.34. The van der Waals surface area contributed by atoms with Crippen LogP contribution >= 0.6 is 11.8 Å². The van der Waals surface area contributed by atoms with Gasteiger partial charge in [0.1, 0.15) is 11.5 Å². The Morgan fingerprint density at radius 3 is 2.14 bits per heavy atom. The van der Waals surface area contributed by atoms with Gasteiger partial charge in [0.05, 0.1) is 19.9 Å². The number of benzene rings is 2. The summed E-state index contributed by atoms with van der Waals surface area (Å²) in [6, 6.07) is 15.9. The lowest BCUT2D eigenvalue weighted by molar-refractivity contribution is 0.414. The predicted molar refractivity (Wildman–Crippen MR) is 92.4 cm³/mol. The molecule has 0 saturated carbocycles. The molecule has 114 valence electrons. The Morgan fingerprint density at radius 2 is 1.55 bits per heavy atom. The fourth-order valence-corrected chi connectivity index (χ4v) is 3.20. The number of nitrogens with one attached hydrogen (secondary N) is 1. The van der Waals surface area contributed by atoms with Crippen LogP contribution in [0.4, 0.5) is 5.69 Å². The van der Waals surface area contributed by atoms with Gasteiger partial charge in [0, 0.05) is 11.4 Å². The third-order valence-electron chi connectivity index (χ3n) is 3.45. The molecule has 22 heavy (non-hydrogen) atoms. The minimum absolute atomic E-state index is 0.0468. The van der Waals surface area contributed by atoms with Gasteiger partial charge in [-0.05, 0) is 54.1 Å². The molecule has 4 nitrogen and oxygen atoms in total. The third-order valence-corrected chi connectivity index (χ3v) is 4.43. The first kappa shape index (κ1) is 14.8. The summed E-state index contributed by atoms with van der Waals surface area (Å²) in [6.07, 6.45) is 0. The van der Waals surface area contributed by atoms with Crippen molar-refractivity contribution in [2.75, 3.05) is 25.3 Å². The first-order valence-corrected chi connectivity index (χ1v) is 8.06. The number of hydrogen-bond acceptors (Lipinski definition) is 5. The maximum Gasteiger partial charge on any atom is 0.167 e. The number of thioether (sulfide) groups is 1. The molecule has 2 aromatic rings. The van der Waals surface area contributed by atoms with E-state index in [-0.39, 0.29) is 5.50 Å². The Balaban J connectivity index is 1.67. The smallest absolute Gasteiger partial charge is 0.167 e. The zero-order valence-corrected chi connectivity index (χ0v) is 13.4. The first-order valence-electron chi connectivity index (χ1n) is 7.02. The molecular formula is C17H18N2O2S. The van der Waals surface area contributed by atoms with Crippen LogP contribution in [-0.4, -0.2) is 31.2 Å². The summed E-state index contributed by atoms with van der Waals surface area (Å²) >= 11 is 1.78. The van der Waals surface area contributed by atoms with E-state index in [4.69, 9.17) is 14.5 Å². The van der Waals surface area contributed by atoms with Gasteiger partial charge in [-0.1, -0.05) is 0 Å². The van der Waals surface area contributed by atoms with Crippen molar-refractivity contribution >= 4 is 23.2 Å². The van der Waals surface area contributed by atoms with Gasteiger partial charge < -0.3 is 14.8 Å². The molecule has 0 fully saturated rings. The Hall–Kier alpha value is -2.14. The van der Waals surface area contributed by atoms with E-state index >= 15 is 0 Å². The van der Waals surface area contributed by atoms with Crippen LogP contribution < -0.4 is 14.8 Å². The van der Waals surface area contributed by atoms with Crippen molar-refractivity contribution in [3.8, 4) is 11.5 Å². The number of anilines is 1. The van der Waals surface area contributed by atoms with Crippen LogP contribution in [0.25, 0.3) is 0 Å². The van der Waals surface area contributed by atoms with Gasteiger partial charge >= 0.3 is 0 Å². The van der Waals surface area contributed by atoms with Gasteiger partial charge in [-0.25, -0.2) is 0 Å². The van der Waals surface area contributed by atoms with Crippen molar-refractivity contribution in [1.29, 1.82) is 0 Å². The third kappa shape index (κ3) is 3.36. The predicted octanol–water partition coefficient (Wildman–Crippen LogP) is 3.64. The summed E-state index contributed by atoms with van der Waals surface area (Å²) in [4.78, 5) is 4.75. The lowest BCUT2D eigenvalue weighted by Gasteiger charge is -2.10. The van der Waals surface area contributed by atoms with Crippen molar-refractivity contribution in [1.82, 2.24) is 0 Å². The largest absolute Gasteiger partial charge is 0.497 e. The van der Waals surface area contributed by atoms with Gasteiger partial charge in [-0.3, -0.25) is 4.99 Å². The van der Waals surface area contributed by atoms with E-state index in [1.165, 1.54) is 0 Å². The van der Waals surface area contributed by atoms with Crippen LogP contribution in [0.15, 0.2) is 53.5 Å². The molecule has 0 aliphatic carbocycles. The molecule has 1 N–H and O–H groups in total. The molecule has 2 aromatic carbocycles. The fraction of sp³-hybridized carbons (Fsp3) is 0.235. The zero-order chi connectivity index (χ0) is 15.4. The van der Waals surface area contributed by atoms with E-state index < -0.39 is 0 Å². The average molecular weight is 314 g/mol. The van der Waals surface area contributed by atoms with Crippen LogP contribution in [0.2, 0.25) is 0 Å². The molecular weight excluding hydrogens is 296 g/mol. The highest BCUT2D eigenvalue weighted by Crippen LogP contribution is 2.26. The molecule has 0 saturated heterocycles. The minimum Gasteiger partial charge on any atom is -0.497 e. The lowest BCUT2D eigenvalue weighted by Crippen LogP contribution is -2.09. The Labute approximate surface area is 134 Å². The van der Waals surface area contributed by atoms with Crippen molar-refractivity contribution in [3.05, 3.63) is 54.1 Å². The van der Waals surface area contributed by atoms with Gasteiger partial charge in [-0.15, -0.1) is 11.8 Å². The molecule has 1 heterocycles. The molecule has 1 unspecified atom stereocenters. The average Bonchev–Trinajstić information content (AvgIpc) is 3.04. The second-order valence-corrected chi connectivity index (χ2v) is 5.91. The Bertz CT molecular complexity index is 653. The van der Waals surface area contributed by atoms with Crippen molar-refractivity contribution in [3.63, 3.8) is 0 Å². The monoisotopic (exact) mass is 314 g/mol. The second kappa shape index (κ2) is 6.75. The number of methoxy groups -OCH3 is 2.